The van der Waals surface area contributed by atoms with Gasteiger partial charge in [0.2, 0.25) is 0 Å². The second kappa shape index (κ2) is 10.2. The number of aliphatic hydroxyl groups excluding tert-OH is 1. The molecule has 0 saturated heterocycles. The van der Waals surface area contributed by atoms with Gasteiger partial charge in [0.25, 0.3) is 0 Å². The predicted octanol–water partition coefficient (Wildman–Crippen LogP) is 2.82. The van der Waals surface area contributed by atoms with Crippen molar-refractivity contribution in [3.05, 3.63) is 54.6 Å². The van der Waals surface area contributed by atoms with Gasteiger partial charge in [-0.15, -0.1) is 11.8 Å². The van der Waals surface area contributed by atoms with E-state index in [0.717, 1.165) is 23.8 Å². The monoisotopic (exact) mass is 333 g/mol. The molecule has 0 aliphatic heterocycles. The molecular weight excluding hydrogens is 310 g/mol. The first kappa shape index (κ1) is 17.7. The zero-order valence-corrected chi connectivity index (χ0v) is 14.1. The summed E-state index contributed by atoms with van der Waals surface area (Å²) in [5.74, 6) is 2.48. The Morgan fingerprint density at radius 1 is 1.04 bits per heavy atom. The third-order valence-electron chi connectivity index (χ3n) is 3.17. The normalized spacial score (nSPS) is 11.9. The van der Waals surface area contributed by atoms with Gasteiger partial charge in [0.05, 0.1) is 7.11 Å². The molecule has 4 nitrogen and oxygen atoms in total. The van der Waals surface area contributed by atoms with Crippen molar-refractivity contribution < 1.29 is 14.6 Å². The number of hydrogen-bond acceptors (Lipinski definition) is 5. The van der Waals surface area contributed by atoms with Crippen LogP contribution >= 0.6 is 11.8 Å². The van der Waals surface area contributed by atoms with E-state index in [2.05, 4.69) is 17.4 Å². The van der Waals surface area contributed by atoms with Gasteiger partial charge in [0.1, 0.15) is 24.2 Å². The fourth-order valence-corrected chi connectivity index (χ4v) is 2.78. The van der Waals surface area contributed by atoms with E-state index < -0.39 is 6.10 Å². The largest absolute Gasteiger partial charge is 0.497 e. The van der Waals surface area contributed by atoms with E-state index >= 15 is 0 Å². The number of rotatable bonds is 10. The van der Waals surface area contributed by atoms with E-state index in [4.69, 9.17) is 9.47 Å². The first-order chi connectivity index (χ1) is 11.3. The van der Waals surface area contributed by atoms with Crippen molar-refractivity contribution in [3.63, 3.8) is 0 Å². The lowest BCUT2D eigenvalue weighted by Gasteiger charge is -2.13. The SMILES string of the molecule is COc1ccc(OC[C@H](O)CNCCSc2ccccc2)cc1. The van der Waals surface area contributed by atoms with Gasteiger partial charge in [0, 0.05) is 23.7 Å². The molecule has 0 spiro atoms. The highest BCUT2D eigenvalue weighted by Gasteiger charge is 2.05. The molecular formula is C18H23NO3S. The molecule has 0 bridgehead atoms. The molecule has 0 aliphatic rings. The number of thioether (sulfide) groups is 1. The van der Waals surface area contributed by atoms with Gasteiger partial charge in [-0.1, -0.05) is 18.2 Å². The summed E-state index contributed by atoms with van der Waals surface area (Å²) in [5.41, 5.74) is 0. The highest BCUT2D eigenvalue weighted by Crippen LogP contribution is 2.17. The van der Waals surface area contributed by atoms with E-state index in [-0.39, 0.29) is 6.61 Å². The molecule has 2 aromatic rings. The predicted molar refractivity (Wildman–Crippen MR) is 94.5 cm³/mol. The number of hydrogen-bond donors (Lipinski definition) is 2. The summed E-state index contributed by atoms with van der Waals surface area (Å²) in [6.07, 6.45) is -0.529. The smallest absolute Gasteiger partial charge is 0.119 e. The van der Waals surface area contributed by atoms with Gasteiger partial charge >= 0.3 is 0 Å². The second-order valence-electron chi connectivity index (χ2n) is 5.01. The van der Waals surface area contributed by atoms with Crippen LogP contribution in [0.15, 0.2) is 59.5 Å². The Morgan fingerprint density at radius 2 is 1.74 bits per heavy atom. The van der Waals surface area contributed by atoms with Crippen LogP contribution in [0.25, 0.3) is 0 Å². The standard InChI is InChI=1S/C18H23NO3S/c1-21-16-7-9-17(10-8-16)22-14-15(20)13-19-11-12-23-18-5-3-2-4-6-18/h2-10,15,19-20H,11-14H2,1H3/t15-/m1/s1. The Bertz CT molecular complexity index is 548. The summed E-state index contributed by atoms with van der Waals surface area (Å²) in [7, 11) is 1.63. The van der Waals surface area contributed by atoms with Gasteiger partial charge in [-0.3, -0.25) is 0 Å². The fourth-order valence-electron chi connectivity index (χ4n) is 1.95. The van der Waals surface area contributed by atoms with Crippen LogP contribution < -0.4 is 14.8 Å². The van der Waals surface area contributed by atoms with Crippen molar-refractivity contribution in [2.45, 2.75) is 11.0 Å². The quantitative estimate of drug-likeness (QED) is 0.517. The zero-order chi connectivity index (χ0) is 16.3. The molecule has 0 heterocycles. The van der Waals surface area contributed by atoms with Crippen LogP contribution in [0.1, 0.15) is 0 Å². The molecule has 1 atom stereocenters. The summed E-state index contributed by atoms with van der Waals surface area (Å²) in [6, 6.07) is 17.6. The molecule has 124 valence electrons. The van der Waals surface area contributed by atoms with Gasteiger partial charge in [-0.2, -0.15) is 0 Å². The molecule has 23 heavy (non-hydrogen) atoms. The maximum absolute atomic E-state index is 9.91. The molecule has 5 heteroatoms. The van der Waals surface area contributed by atoms with Crippen LogP contribution in [0.5, 0.6) is 11.5 Å². The Balaban J connectivity index is 1.55. The topological polar surface area (TPSA) is 50.7 Å². The molecule has 2 rings (SSSR count). The van der Waals surface area contributed by atoms with Crippen LogP contribution in [0, 0.1) is 0 Å². The van der Waals surface area contributed by atoms with Gasteiger partial charge in [-0.25, -0.2) is 0 Å². The molecule has 0 aromatic heterocycles. The van der Waals surface area contributed by atoms with Gasteiger partial charge in [0.15, 0.2) is 0 Å². The lowest BCUT2D eigenvalue weighted by Crippen LogP contribution is -2.32. The van der Waals surface area contributed by atoms with E-state index in [0.29, 0.717) is 6.54 Å². The summed E-state index contributed by atoms with van der Waals surface area (Å²) < 4.78 is 10.6. The third-order valence-corrected chi connectivity index (χ3v) is 4.19. The highest BCUT2D eigenvalue weighted by molar-refractivity contribution is 7.99. The molecule has 2 aromatic carbocycles. The molecule has 0 amide bonds. The average Bonchev–Trinajstić information content (AvgIpc) is 2.61. The van der Waals surface area contributed by atoms with Crippen LogP contribution in [0.2, 0.25) is 0 Å². The Kier molecular flexibility index (Phi) is 7.80. The number of methoxy groups -OCH3 is 1. The summed E-state index contributed by atoms with van der Waals surface area (Å²) in [4.78, 5) is 1.26. The maximum atomic E-state index is 9.91. The van der Waals surface area contributed by atoms with E-state index in [1.165, 1.54) is 4.90 Å². The lowest BCUT2D eigenvalue weighted by atomic mass is 10.3. The minimum absolute atomic E-state index is 0.269. The van der Waals surface area contributed by atoms with Gasteiger partial charge < -0.3 is 19.9 Å². The number of nitrogens with one attached hydrogen (secondary N) is 1. The zero-order valence-electron chi connectivity index (χ0n) is 13.3. The van der Waals surface area contributed by atoms with E-state index in [1.807, 2.05) is 42.5 Å². The minimum atomic E-state index is -0.529. The molecule has 0 unspecified atom stereocenters. The van der Waals surface area contributed by atoms with E-state index in [1.54, 1.807) is 18.9 Å². The van der Waals surface area contributed by atoms with Crippen molar-refractivity contribution >= 4 is 11.8 Å². The molecule has 0 saturated carbocycles. The van der Waals surface area contributed by atoms with Crippen molar-refractivity contribution in [1.29, 1.82) is 0 Å². The number of aliphatic hydroxyl groups is 1. The summed E-state index contributed by atoms with van der Waals surface area (Å²) in [6.45, 7) is 1.63. The number of ether oxygens (including phenoxy) is 2. The summed E-state index contributed by atoms with van der Waals surface area (Å²) >= 11 is 1.80. The second-order valence-corrected chi connectivity index (χ2v) is 6.17. The first-order valence-electron chi connectivity index (χ1n) is 7.61. The number of benzene rings is 2. The first-order valence-corrected chi connectivity index (χ1v) is 8.60. The molecule has 2 N–H and O–H groups in total. The summed E-state index contributed by atoms with van der Waals surface area (Å²) in [5, 5.41) is 13.1. The van der Waals surface area contributed by atoms with Gasteiger partial charge in [-0.05, 0) is 36.4 Å². The Hall–Kier alpha value is -1.69. The lowest BCUT2D eigenvalue weighted by molar-refractivity contribution is 0.107. The molecule has 0 fully saturated rings. The van der Waals surface area contributed by atoms with Crippen LogP contribution in [-0.4, -0.2) is 43.8 Å². The average molecular weight is 333 g/mol. The highest BCUT2D eigenvalue weighted by atomic mass is 32.2. The fraction of sp³-hybridized carbons (Fsp3) is 0.333. The molecule has 0 aliphatic carbocycles. The van der Waals surface area contributed by atoms with Crippen LogP contribution in [0.4, 0.5) is 0 Å². The maximum Gasteiger partial charge on any atom is 0.119 e. The van der Waals surface area contributed by atoms with Crippen LogP contribution in [-0.2, 0) is 0 Å². The Labute approximate surface area is 141 Å². The van der Waals surface area contributed by atoms with Crippen molar-refractivity contribution in [2.75, 3.05) is 32.6 Å². The molecule has 0 radical (unpaired) electrons. The van der Waals surface area contributed by atoms with Crippen LogP contribution in [0.3, 0.4) is 0 Å². The van der Waals surface area contributed by atoms with E-state index in [9.17, 15) is 5.11 Å². The van der Waals surface area contributed by atoms with Crippen molar-refractivity contribution in [3.8, 4) is 11.5 Å². The third kappa shape index (κ3) is 6.95. The van der Waals surface area contributed by atoms with Crippen molar-refractivity contribution in [2.24, 2.45) is 0 Å². The van der Waals surface area contributed by atoms with Crippen molar-refractivity contribution in [1.82, 2.24) is 5.32 Å². The Morgan fingerprint density at radius 3 is 2.43 bits per heavy atom. The minimum Gasteiger partial charge on any atom is -0.497 e.